The molecule has 0 saturated heterocycles. The van der Waals surface area contributed by atoms with Crippen LogP contribution >= 0.6 is 0 Å². The molecule has 264 valence electrons. The number of aliphatic hydroxyl groups excluding tert-OH is 2. The van der Waals surface area contributed by atoms with Gasteiger partial charge >= 0.3 is 16.3 Å². The molecule has 48 heavy (non-hydrogen) atoms. The Labute approximate surface area is 282 Å². The number of phenols is 1. The van der Waals surface area contributed by atoms with Crippen LogP contribution in [0.5, 0.6) is 5.75 Å². The minimum absolute atomic E-state index is 0.0261. The van der Waals surface area contributed by atoms with Crippen molar-refractivity contribution < 1.29 is 45.9 Å². The largest absolute Gasteiger partial charge is 0.508 e. The summed E-state index contributed by atoms with van der Waals surface area (Å²) in [6.07, 6.45) is 4.82. The summed E-state index contributed by atoms with van der Waals surface area (Å²) in [5.41, 5.74) is 3.07. The van der Waals surface area contributed by atoms with Crippen molar-refractivity contribution in [3.8, 4) is 5.75 Å². The highest BCUT2D eigenvalue weighted by Gasteiger charge is 2.18. The molecule has 0 bridgehead atoms. The smallest absolute Gasteiger partial charge is 0.382 e. The zero-order valence-corrected chi connectivity index (χ0v) is 28.4. The van der Waals surface area contributed by atoms with Gasteiger partial charge in [-0.25, -0.2) is 13.6 Å². The lowest BCUT2D eigenvalue weighted by molar-refractivity contribution is -0.133. The van der Waals surface area contributed by atoms with Crippen LogP contribution in [-0.2, 0) is 53.5 Å². The van der Waals surface area contributed by atoms with Gasteiger partial charge in [-0.1, -0.05) is 49.2 Å². The zero-order chi connectivity index (χ0) is 35.2. The molecular formula is C33H45N3O10S2. The lowest BCUT2D eigenvalue weighted by atomic mass is 10.0. The monoisotopic (exact) mass is 707 g/mol. The van der Waals surface area contributed by atoms with Gasteiger partial charge in [-0.15, -0.1) is 0 Å². The molecule has 0 aliphatic rings. The van der Waals surface area contributed by atoms with E-state index in [-0.39, 0.29) is 30.2 Å². The molecule has 0 amide bonds. The van der Waals surface area contributed by atoms with E-state index in [1.165, 1.54) is 18.2 Å². The van der Waals surface area contributed by atoms with E-state index in [0.717, 1.165) is 50.5 Å². The summed E-state index contributed by atoms with van der Waals surface area (Å²) in [6, 6.07) is 18.1. The van der Waals surface area contributed by atoms with Gasteiger partial charge in [0.05, 0.1) is 24.0 Å². The van der Waals surface area contributed by atoms with Crippen LogP contribution in [0.15, 0.2) is 71.6 Å². The summed E-state index contributed by atoms with van der Waals surface area (Å²) in [4.78, 5) is 13.6. The van der Waals surface area contributed by atoms with Gasteiger partial charge in [0.25, 0.3) is 0 Å². The number of nitrogens with two attached hydrogens (primary N) is 2. The van der Waals surface area contributed by atoms with Crippen molar-refractivity contribution in [3.05, 3.63) is 89.0 Å². The molecule has 0 spiro atoms. The highest BCUT2D eigenvalue weighted by molar-refractivity contribution is 7.89. The predicted octanol–water partition coefficient (Wildman–Crippen LogP) is 2.96. The summed E-state index contributed by atoms with van der Waals surface area (Å²) in [5.74, 6) is -0.997. The van der Waals surface area contributed by atoms with Crippen molar-refractivity contribution in [2.45, 2.75) is 69.0 Å². The molecule has 0 aliphatic carbocycles. The van der Waals surface area contributed by atoms with Crippen LogP contribution < -0.4 is 15.2 Å². The van der Waals surface area contributed by atoms with Crippen molar-refractivity contribution in [2.75, 3.05) is 31.2 Å². The van der Waals surface area contributed by atoms with Gasteiger partial charge in [-0.3, -0.25) is 4.79 Å². The minimum atomic E-state index is -4.33. The minimum Gasteiger partial charge on any atom is -0.508 e. The summed E-state index contributed by atoms with van der Waals surface area (Å²) in [6.45, 7) is 1.56. The molecule has 3 aromatic rings. The third-order valence-electron chi connectivity index (χ3n) is 7.58. The summed E-state index contributed by atoms with van der Waals surface area (Å²) in [5, 5.41) is 40.4. The van der Waals surface area contributed by atoms with E-state index in [1.807, 2.05) is 17.0 Å². The molecule has 1 atom stereocenters. The van der Waals surface area contributed by atoms with Gasteiger partial charge in [-0.2, -0.15) is 13.6 Å². The van der Waals surface area contributed by atoms with Gasteiger partial charge in [-0.05, 0) is 79.1 Å². The number of benzene rings is 3. The predicted molar refractivity (Wildman–Crippen MR) is 181 cm³/mol. The average molecular weight is 708 g/mol. The first kappa shape index (κ1) is 38.9. The second kappa shape index (κ2) is 18.8. The van der Waals surface area contributed by atoms with Gasteiger partial charge in [0.2, 0.25) is 10.0 Å². The van der Waals surface area contributed by atoms with Crippen LogP contribution in [0.3, 0.4) is 0 Å². The molecule has 7 N–H and O–H groups in total. The number of rotatable bonds is 21. The summed E-state index contributed by atoms with van der Waals surface area (Å²) < 4.78 is 55.7. The van der Waals surface area contributed by atoms with Crippen LogP contribution in [0.2, 0.25) is 0 Å². The Morgan fingerprint density at radius 2 is 1.52 bits per heavy atom. The second-order valence-electron chi connectivity index (χ2n) is 11.5. The third-order valence-corrected chi connectivity index (χ3v) is 8.91. The van der Waals surface area contributed by atoms with Crippen molar-refractivity contribution in [2.24, 2.45) is 10.3 Å². The van der Waals surface area contributed by atoms with E-state index in [1.54, 1.807) is 36.4 Å². The maximum atomic E-state index is 12.0. The fourth-order valence-electron chi connectivity index (χ4n) is 5.15. The highest BCUT2D eigenvalue weighted by Crippen LogP contribution is 2.26. The van der Waals surface area contributed by atoms with Crippen LogP contribution in [0, 0.1) is 0 Å². The van der Waals surface area contributed by atoms with E-state index >= 15 is 0 Å². The Bertz CT molecular complexity index is 1700. The number of aryl methyl sites for hydroxylation is 1. The van der Waals surface area contributed by atoms with Crippen LogP contribution in [0.4, 0.5) is 5.69 Å². The van der Waals surface area contributed by atoms with Crippen molar-refractivity contribution in [1.82, 2.24) is 0 Å². The Morgan fingerprint density at radius 3 is 2.23 bits per heavy atom. The lowest BCUT2D eigenvalue weighted by Crippen LogP contribution is -2.30. The zero-order valence-electron chi connectivity index (χ0n) is 26.7. The molecule has 0 fully saturated rings. The Balaban J connectivity index is 1.39. The molecule has 3 rings (SSSR count). The molecule has 0 radical (unpaired) electrons. The molecule has 13 nitrogen and oxygen atoms in total. The number of carbonyl (C=O) groups is 1. The van der Waals surface area contributed by atoms with E-state index in [4.69, 9.17) is 15.0 Å². The van der Waals surface area contributed by atoms with Crippen molar-refractivity contribution in [3.63, 3.8) is 0 Å². The van der Waals surface area contributed by atoms with Crippen molar-refractivity contribution >= 4 is 32.0 Å². The first-order chi connectivity index (χ1) is 22.7. The lowest BCUT2D eigenvalue weighted by Gasteiger charge is -2.28. The van der Waals surface area contributed by atoms with Crippen LogP contribution in [0.1, 0.15) is 66.9 Å². The number of ether oxygens (including phenoxy) is 1. The second-order valence-corrected chi connectivity index (χ2v) is 14.2. The molecule has 15 heteroatoms. The number of aromatic hydroxyl groups is 1. The number of anilines is 1. The van der Waals surface area contributed by atoms with Gasteiger partial charge in [0.15, 0.2) is 0 Å². The SMILES string of the molecule is NS(=O)(=O)OC(=O)Cc1cccc(CCCCOCCCCCCN(C[C@H](O)c2ccc(O)c(CO)c2)c2cccc(S(N)(=O)=O)c2)c1. The highest BCUT2D eigenvalue weighted by atomic mass is 32.2. The number of hydrogen-bond acceptors (Lipinski definition) is 11. The van der Waals surface area contributed by atoms with Gasteiger partial charge < -0.3 is 29.1 Å². The fourth-order valence-corrected chi connectivity index (χ4v) is 6.02. The Kier molecular flexibility index (Phi) is 15.3. The number of hydrogen-bond donors (Lipinski definition) is 5. The first-order valence-electron chi connectivity index (χ1n) is 15.6. The summed E-state index contributed by atoms with van der Waals surface area (Å²) >= 11 is 0. The van der Waals surface area contributed by atoms with E-state index in [9.17, 15) is 36.9 Å². The van der Waals surface area contributed by atoms with E-state index in [2.05, 4.69) is 4.18 Å². The molecule has 0 aromatic heterocycles. The van der Waals surface area contributed by atoms with Crippen LogP contribution in [0.25, 0.3) is 0 Å². The molecule has 0 aliphatic heterocycles. The maximum Gasteiger partial charge on any atom is 0.382 e. The van der Waals surface area contributed by atoms with E-state index in [0.29, 0.717) is 42.1 Å². The number of primary sulfonamides is 1. The number of carbonyl (C=O) groups excluding carboxylic acids is 1. The van der Waals surface area contributed by atoms with Crippen LogP contribution in [-0.4, -0.2) is 64.4 Å². The van der Waals surface area contributed by atoms with Gasteiger partial charge in [0.1, 0.15) is 5.75 Å². The molecule has 0 saturated carbocycles. The van der Waals surface area contributed by atoms with Crippen molar-refractivity contribution in [1.29, 1.82) is 0 Å². The fraction of sp³-hybridized carbons (Fsp3) is 0.424. The number of aliphatic hydroxyl groups is 2. The molecule has 3 aromatic carbocycles. The molecule has 0 unspecified atom stereocenters. The maximum absolute atomic E-state index is 12.0. The number of unbranched alkanes of at least 4 members (excludes halogenated alkanes) is 4. The number of nitrogens with zero attached hydrogens (tertiary/aromatic N) is 1. The normalized spacial score (nSPS) is 12.5. The molecule has 0 heterocycles. The standard InChI is InChI=1S/C33H45N3O10S2/c34-47(41,42)30-13-8-12-29(22-30)36(23-32(39)27-14-15-31(38)28(21-27)24-37)16-4-1-2-5-17-45-18-6-3-9-25-10-7-11-26(19-25)20-33(40)46-48(35,43)44/h7-8,10-15,19,21-22,32,37-39H,1-6,9,16-18,20,23-24H2,(H2,34,41,42)(H2,35,43,44)/t32-/m0/s1. The topological polar surface area (TPSA) is 220 Å². The third kappa shape index (κ3) is 13.9. The van der Waals surface area contributed by atoms with E-state index < -0.39 is 32.4 Å². The Hall–Kier alpha value is -3.57. The Morgan fingerprint density at radius 1 is 0.833 bits per heavy atom. The average Bonchev–Trinajstić information content (AvgIpc) is 3.02. The van der Waals surface area contributed by atoms with Gasteiger partial charge in [0, 0.05) is 37.6 Å². The number of sulfonamides is 1. The molecular weight excluding hydrogens is 663 g/mol. The quantitative estimate of drug-likeness (QED) is 0.101. The first-order valence-corrected chi connectivity index (χ1v) is 18.7. The summed E-state index contributed by atoms with van der Waals surface area (Å²) in [7, 11) is -8.24.